The van der Waals surface area contributed by atoms with Gasteiger partial charge in [-0.1, -0.05) is 6.07 Å². The lowest BCUT2D eigenvalue weighted by Crippen LogP contribution is -2.28. The number of rotatable bonds is 2. The van der Waals surface area contributed by atoms with Gasteiger partial charge in [0.25, 0.3) is 5.56 Å². The zero-order valence-electron chi connectivity index (χ0n) is 9.89. The molecule has 2 aromatic heterocycles. The number of H-pyrrole nitrogens is 1. The Morgan fingerprint density at radius 3 is 3.18 bits per heavy atom. The molecule has 1 unspecified atom stereocenters. The van der Waals surface area contributed by atoms with Crippen LogP contribution < -0.4 is 5.56 Å². The second-order valence-electron chi connectivity index (χ2n) is 4.71. The van der Waals surface area contributed by atoms with E-state index in [4.69, 9.17) is 0 Å². The molecule has 1 atom stereocenters. The summed E-state index contributed by atoms with van der Waals surface area (Å²) in [4.78, 5) is 14.1. The van der Waals surface area contributed by atoms with Crippen LogP contribution in [0, 0.1) is 0 Å². The third kappa shape index (κ3) is 1.76. The Morgan fingerprint density at radius 1 is 1.53 bits per heavy atom. The van der Waals surface area contributed by atoms with Crippen LogP contribution in [0.4, 0.5) is 0 Å². The van der Waals surface area contributed by atoms with Gasteiger partial charge in [-0.25, -0.2) is 4.40 Å². The standard InChI is InChI=1S/C12H16N4O/c1-15-7-3-4-9(15)8-11-14-13-10-5-2-6-12(17)16(10)11/h2,5-6,9,13H,3-4,7-8H2,1H3. The van der Waals surface area contributed by atoms with Crippen molar-refractivity contribution in [1.82, 2.24) is 19.5 Å². The Balaban J connectivity index is 1.98. The van der Waals surface area contributed by atoms with Gasteiger partial charge in [0.1, 0.15) is 11.5 Å². The quantitative estimate of drug-likeness (QED) is 0.827. The third-order valence-corrected chi connectivity index (χ3v) is 3.60. The summed E-state index contributed by atoms with van der Waals surface area (Å²) in [7, 11) is 2.13. The fourth-order valence-corrected chi connectivity index (χ4v) is 2.60. The fourth-order valence-electron chi connectivity index (χ4n) is 2.60. The number of nitrogens with zero attached hydrogens (tertiary/aromatic N) is 3. The SMILES string of the molecule is CN1CCCC1Cc1n[nH]c2cccc(=O)n12. The molecule has 1 saturated heterocycles. The first-order valence-corrected chi connectivity index (χ1v) is 6.01. The van der Waals surface area contributed by atoms with Crippen molar-refractivity contribution < 1.29 is 0 Å². The van der Waals surface area contributed by atoms with Crippen molar-refractivity contribution in [3.63, 3.8) is 0 Å². The van der Waals surface area contributed by atoms with Crippen LogP contribution in [-0.2, 0) is 6.42 Å². The lowest BCUT2D eigenvalue weighted by atomic mass is 10.1. The van der Waals surface area contributed by atoms with Crippen LogP contribution in [-0.4, -0.2) is 39.1 Å². The van der Waals surface area contributed by atoms with E-state index in [-0.39, 0.29) is 5.56 Å². The van der Waals surface area contributed by atoms with Crippen LogP contribution in [0.2, 0.25) is 0 Å². The number of hydrogen-bond donors (Lipinski definition) is 1. The monoisotopic (exact) mass is 232 g/mol. The molecule has 1 aliphatic rings. The number of hydrogen-bond acceptors (Lipinski definition) is 3. The molecule has 1 N–H and O–H groups in total. The molecule has 0 radical (unpaired) electrons. The van der Waals surface area contributed by atoms with Gasteiger partial charge < -0.3 is 4.90 Å². The minimum absolute atomic E-state index is 0.00750. The second-order valence-corrected chi connectivity index (χ2v) is 4.71. The summed E-state index contributed by atoms with van der Waals surface area (Å²) in [5, 5.41) is 7.18. The van der Waals surface area contributed by atoms with Gasteiger partial charge in [-0.2, -0.15) is 5.10 Å². The lowest BCUT2D eigenvalue weighted by molar-refractivity contribution is 0.305. The molecule has 90 valence electrons. The molecule has 5 heteroatoms. The Labute approximate surface area is 99.1 Å². The van der Waals surface area contributed by atoms with E-state index < -0.39 is 0 Å². The Kier molecular flexibility index (Phi) is 2.48. The normalized spacial score (nSPS) is 21.4. The highest BCUT2D eigenvalue weighted by Gasteiger charge is 2.23. The molecule has 0 amide bonds. The summed E-state index contributed by atoms with van der Waals surface area (Å²) < 4.78 is 1.67. The highest BCUT2D eigenvalue weighted by Crippen LogP contribution is 2.18. The van der Waals surface area contributed by atoms with Crippen molar-refractivity contribution in [3.8, 4) is 0 Å². The number of aromatic nitrogens is 3. The van der Waals surface area contributed by atoms with Gasteiger partial charge in [-0.15, -0.1) is 0 Å². The van der Waals surface area contributed by atoms with Crippen molar-refractivity contribution in [2.75, 3.05) is 13.6 Å². The van der Waals surface area contributed by atoms with Crippen molar-refractivity contribution in [1.29, 1.82) is 0 Å². The van der Waals surface area contributed by atoms with E-state index in [1.807, 2.05) is 6.07 Å². The van der Waals surface area contributed by atoms with Crippen LogP contribution in [0.25, 0.3) is 5.65 Å². The van der Waals surface area contributed by atoms with Gasteiger partial charge in [0.15, 0.2) is 0 Å². The van der Waals surface area contributed by atoms with E-state index >= 15 is 0 Å². The molecule has 0 aliphatic carbocycles. The van der Waals surface area contributed by atoms with E-state index in [9.17, 15) is 4.79 Å². The van der Waals surface area contributed by atoms with Crippen LogP contribution >= 0.6 is 0 Å². The number of nitrogens with one attached hydrogen (secondary N) is 1. The fraction of sp³-hybridized carbons (Fsp3) is 0.500. The average molecular weight is 232 g/mol. The maximum atomic E-state index is 11.8. The third-order valence-electron chi connectivity index (χ3n) is 3.60. The van der Waals surface area contributed by atoms with Gasteiger partial charge in [-0.3, -0.25) is 9.89 Å². The minimum atomic E-state index is -0.00750. The molecule has 3 heterocycles. The lowest BCUT2D eigenvalue weighted by Gasteiger charge is -2.17. The van der Waals surface area contributed by atoms with Crippen LogP contribution in [0.3, 0.4) is 0 Å². The smallest absolute Gasteiger partial charge is 0.257 e. The molecule has 5 nitrogen and oxygen atoms in total. The van der Waals surface area contributed by atoms with Gasteiger partial charge in [-0.05, 0) is 32.5 Å². The second kappa shape index (κ2) is 4.00. The number of pyridine rings is 1. The average Bonchev–Trinajstić information content (AvgIpc) is 2.89. The van der Waals surface area contributed by atoms with E-state index in [1.165, 1.54) is 12.8 Å². The van der Waals surface area contributed by atoms with Crippen molar-refractivity contribution >= 4 is 5.65 Å². The first-order valence-electron chi connectivity index (χ1n) is 6.01. The molecule has 0 spiro atoms. The van der Waals surface area contributed by atoms with E-state index in [0.29, 0.717) is 6.04 Å². The molecule has 0 bridgehead atoms. The number of fused-ring (bicyclic) bond motifs is 1. The number of likely N-dealkylation sites (N-methyl/N-ethyl adjacent to an activating group) is 1. The highest BCUT2D eigenvalue weighted by molar-refractivity contribution is 5.37. The molecular weight excluding hydrogens is 216 g/mol. The van der Waals surface area contributed by atoms with Crippen LogP contribution in [0.5, 0.6) is 0 Å². The summed E-state index contributed by atoms with van der Waals surface area (Å²) in [6, 6.07) is 5.70. The van der Waals surface area contributed by atoms with Gasteiger partial charge in [0.05, 0.1) is 0 Å². The van der Waals surface area contributed by atoms with E-state index in [0.717, 1.165) is 24.4 Å². The van der Waals surface area contributed by atoms with E-state index in [1.54, 1.807) is 16.5 Å². The molecule has 0 saturated carbocycles. The molecule has 17 heavy (non-hydrogen) atoms. The minimum Gasteiger partial charge on any atom is -0.303 e. The topological polar surface area (TPSA) is 53.4 Å². The summed E-state index contributed by atoms with van der Waals surface area (Å²) >= 11 is 0. The molecule has 2 aromatic rings. The first kappa shape index (κ1) is 10.5. The number of aromatic amines is 1. The van der Waals surface area contributed by atoms with Gasteiger partial charge in [0, 0.05) is 18.5 Å². The largest absolute Gasteiger partial charge is 0.303 e. The maximum absolute atomic E-state index is 11.8. The van der Waals surface area contributed by atoms with Crippen LogP contribution in [0.15, 0.2) is 23.0 Å². The first-order chi connectivity index (χ1) is 8.25. The van der Waals surface area contributed by atoms with Gasteiger partial charge >= 0.3 is 0 Å². The highest BCUT2D eigenvalue weighted by atomic mass is 16.1. The summed E-state index contributed by atoms with van der Waals surface area (Å²) in [6.45, 7) is 1.14. The van der Waals surface area contributed by atoms with Crippen molar-refractivity contribution in [2.24, 2.45) is 0 Å². The van der Waals surface area contributed by atoms with Crippen molar-refractivity contribution in [3.05, 3.63) is 34.4 Å². The molecule has 1 aliphatic heterocycles. The summed E-state index contributed by atoms with van der Waals surface area (Å²) in [6.07, 6.45) is 3.26. The maximum Gasteiger partial charge on any atom is 0.257 e. The van der Waals surface area contributed by atoms with Crippen LogP contribution in [0.1, 0.15) is 18.7 Å². The summed E-state index contributed by atoms with van der Waals surface area (Å²) in [5.74, 6) is 0.837. The van der Waals surface area contributed by atoms with Gasteiger partial charge in [0.2, 0.25) is 0 Å². The predicted octanol–water partition coefficient (Wildman–Crippen LogP) is 0.659. The number of likely N-dealkylation sites (tertiary alicyclic amines) is 1. The van der Waals surface area contributed by atoms with E-state index in [2.05, 4.69) is 22.1 Å². The molecular formula is C12H16N4O. The molecule has 3 rings (SSSR count). The Morgan fingerprint density at radius 2 is 2.41 bits per heavy atom. The summed E-state index contributed by atoms with van der Waals surface area (Å²) in [5.41, 5.74) is 0.764. The Hall–Kier alpha value is -1.62. The zero-order chi connectivity index (χ0) is 11.8. The van der Waals surface area contributed by atoms with Crippen molar-refractivity contribution in [2.45, 2.75) is 25.3 Å². The Bertz CT molecular complexity index is 585. The molecule has 0 aromatic carbocycles. The molecule has 1 fully saturated rings. The predicted molar refractivity (Wildman–Crippen MR) is 65.2 cm³/mol. The zero-order valence-corrected chi connectivity index (χ0v) is 9.89.